The zero-order valence-corrected chi connectivity index (χ0v) is 18.5. The molecule has 1 aliphatic carbocycles. The predicted octanol–water partition coefficient (Wildman–Crippen LogP) is 1.36. The molecule has 1 amide bonds. The van der Waals surface area contributed by atoms with Crippen LogP contribution in [-0.2, 0) is 14.8 Å². The van der Waals surface area contributed by atoms with Gasteiger partial charge in [0.25, 0.3) is 5.56 Å². The van der Waals surface area contributed by atoms with Gasteiger partial charge in [0.05, 0.1) is 18.0 Å². The molecule has 3 rings (SSSR count). The second-order valence-electron chi connectivity index (χ2n) is 8.05. The van der Waals surface area contributed by atoms with Crippen LogP contribution in [0.4, 0.5) is 5.69 Å². The van der Waals surface area contributed by atoms with Crippen molar-refractivity contribution in [2.24, 2.45) is 16.6 Å². The fourth-order valence-electron chi connectivity index (χ4n) is 4.13. The lowest BCUT2D eigenvalue weighted by Crippen LogP contribution is -2.36. The van der Waals surface area contributed by atoms with Gasteiger partial charge in [-0.3, -0.25) is 23.9 Å². The Labute approximate surface area is 182 Å². The third kappa shape index (κ3) is 5.25. The quantitative estimate of drug-likeness (QED) is 0.517. The highest BCUT2D eigenvalue weighted by Crippen LogP contribution is 2.26. The van der Waals surface area contributed by atoms with Crippen molar-refractivity contribution < 1.29 is 13.2 Å². The SMILES string of the molecule is C=C1CN=C(N)C(n2c(C)ccc(NS(=O)(=O)CC3CCCCC3)c2=O)=C1CNC=O. The number of hydrogen-bond donors (Lipinski definition) is 3. The number of amides is 1. The van der Waals surface area contributed by atoms with E-state index in [0.717, 1.165) is 32.1 Å². The van der Waals surface area contributed by atoms with E-state index >= 15 is 0 Å². The first kappa shape index (κ1) is 22.8. The number of pyridine rings is 1. The van der Waals surface area contributed by atoms with E-state index in [0.29, 0.717) is 28.9 Å². The van der Waals surface area contributed by atoms with Crippen LogP contribution >= 0.6 is 0 Å². The number of aryl methyl sites for hydroxylation is 1. The van der Waals surface area contributed by atoms with Crippen LogP contribution in [0.25, 0.3) is 5.70 Å². The summed E-state index contributed by atoms with van der Waals surface area (Å²) in [5.41, 5.74) is 7.55. The lowest BCUT2D eigenvalue weighted by atomic mass is 9.91. The van der Waals surface area contributed by atoms with Gasteiger partial charge in [0.15, 0.2) is 0 Å². The number of anilines is 1. The molecule has 0 bridgehead atoms. The van der Waals surface area contributed by atoms with Gasteiger partial charge in [0, 0.05) is 17.8 Å². The molecular formula is C21H29N5O4S. The van der Waals surface area contributed by atoms with Crippen molar-refractivity contribution in [2.45, 2.75) is 39.0 Å². The number of aromatic nitrogens is 1. The van der Waals surface area contributed by atoms with E-state index in [2.05, 4.69) is 21.6 Å². The third-order valence-corrected chi connectivity index (χ3v) is 7.15. The molecule has 1 aliphatic heterocycles. The molecule has 2 aliphatic rings. The molecule has 4 N–H and O–H groups in total. The van der Waals surface area contributed by atoms with Crippen molar-refractivity contribution in [3.63, 3.8) is 0 Å². The monoisotopic (exact) mass is 447 g/mol. The largest absolute Gasteiger partial charge is 0.382 e. The third-order valence-electron chi connectivity index (χ3n) is 5.70. The van der Waals surface area contributed by atoms with E-state index < -0.39 is 15.6 Å². The van der Waals surface area contributed by atoms with E-state index in [-0.39, 0.29) is 36.3 Å². The Morgan fingerprint density at radius 3 is 2.68 bits per heavy atom. The van der Waals surface area contributed by atoms with Gasteiger partial charge in [0.2, 0.25) is 16.4 Å². The standard InChI is InChI=1S/C21H29N5O4S/c1-14-10-24-20(22)19(17(14)11-23-13-27)26-15(2)8-9-18(21(26)28)25-31(29,30)12-16-6-4-3-5-7-16/h8-9,13,16,25H,1,3-7,10-12H2,2H3,(H2,22,24)(H,23,27). The van der Waals surface area contributed by atoms with Gasteiger partial charge in [-0.15, -0.1) is 0 Å². The topological polar surface area (TPSA) is 136 Å². The smallest absolute Gasteiger partial charge is 0.279 e. The normalized spacial score (nSPS) is 18.0. The Bertz CT molecular complexity index is 1100. The predicted molar refractivity (Wildman–Crippen MR) is 122 cm³/mol. The van der Waals surface area contributed by atoms with Crippen LogP contribution in [0.2, 0.25) is 0 Å². The molecule has 1 aromatic rings. The molecule has 0 saturated heterocycles. The Morgan fingerprint density at radius 2 is 2.00 bits per heavy atom. The van der Waals surface area contributed by atoms with Gasteiger partial charge < -0.3 is 11.1 Å². The molecule has 0 radical (unpaired) electrons. The lowest BCUT2D eigenvalue weighted by Gasteiger charge is -2.24. The molecule has 0 aromatic carbocycles. The Kier molecular flexibility index (Phi) is 6.99. The van der Waals surface area contributed by atoms with Crippen molar-refractivity contribution in [1.29, 1.82) is 0 Å². The molecule has 1 fully saturated rings. The Balaban J connectivity index is 2.00. The van der Waals surface area contributed by atoms with Crippen molar-refractivity contribution in [3.8, 4) is 0 Å². The summed E-state index contributed by atoms with van der Waals surface area (Å²) in [4.78, 5) is 28.3. The number of sulfonamides is 1. The number of dihydropyridines is 1. The number of hydrogen-bond acceptors (Lipinski definition) is 6. The Hall–Kier alpha value is -2.88. The number of nitrogens with one attached hydrogen (secondary N) is 2. The van der Waals surface area contributed by atoms with Crippen LogP contribution in [-0.4, -0.2) is 44.1 Å². The number of aliphatic imine (C=N–C) groups is 1. The van der Waals surface area contributed by atoms with E-state index in [1.807, 2.05) is 0 Å². The molecule has 31 heavy (non-hydrogen) atoms. The first-order valence-electron chi connectivity index (χ1n) is 10.4. The van der Waals surface area contributed by atoms with Crippen LogP contribution in [0.15, 0.2) is 39.6 Å². The number of rotatable bonds is 8. The number of nitrogens with two attached hydrogens (primary N) is 1. The minimum Gasteiger partial charge on any atom is -0.382 e. The van der Waals surface area contributed by atoms with Crippen LogP contribution in [0.5, 0.6) is 0 Å². The highest BCUT2D eigenvalue weighted by molar-refractivity contribution is 7.92. The van der Waals surface area contributed by atoms with Gasteiger partial charge in [0.1, 0.15) is 11.5 Å². The molecule has 0 unspecified atom stereocenters. The van der Waals surface area contributed by atoms with Gasteiger partial charge in [-0.05, 0) is 43.4 Å². The molecule has 9 nitrogen and oxygen atoms in total. The lowest BCUT2D eigenvalue weighted by molar-refractivity contribution is -0.109. The highest BCUT2D eigenvalue weighted by Gasteiger charge is 2.25. The van der Waals surface area contributed by atoms with E-state index in [4.69, 9.17) is 5.73 Å². The van der Waals surface area contributed by atoms with Crippen molar-refractivity contribution in [2.75, 3.05) is 23.6 Å². The van der Waals surface area contributed by atoms with Gasteiger partial charge in [-0.2, -0.15) is 0 Å². The summed E-state index contributed by atoms with van der Waals surface area (Å²) in [6, 6.07) is 3.10. The van der Waals surface area contributed by atoms with Crippen molar-refractivity contribution in [1.82, 2.24) is 9.88 Å². The number of amidine groups is 1. The average Bonchev–Trinajstić information content (AvgIpc) is 2.72. The summed E-state index contributed by atoms with van der Waals surface area (Å²) in [6.45, 7) is 6.05. The van der Waals surface area contributed by atoms with Gasteiger partial charge in [-0.1, -0.05) is 25.8 Å². The summed E-state index contributed by atoms with van der Waals surface area (Å²) in [7, 11) is -3.69. The van der Waals surface area contributed by atoms with Gasteiger partial charge >= 0.3 is 0 Å². The molecule has 0 atom stereocenters. The van der Waals surface area contributed by atoms with Gasteiger partial charge in [-0.25, -0.2) is 8.42 Å². The molecular weight excluding hydrogens is 418 g/mol. The maximum Gasteiger partial charge on any atom is 0.279 e. The maximum atomic E-state index is 13.3. The number of nitrogens with zero attached hydrogens (tertiary/aromatic N) is 2. The number of carbonyl (C=O) groups excluding carboxylic acids is 1. The molecule has 0 spiro atoms. The minimum absolute atomic E-state index is 0.00206. The fraction of sp³-hybridized carbons (Fsp3) is 0.476. The van der Waals surface area contributed by atoms with Crippen LogP contribution < -0.4 is 21.3 Å². The minimum atomic E-state index is -3.69. The second-order valence-corrected chi connectivity index (χ2v) is 9.81. The molecule has 2 heterocycles. The van der Waals surface area contributed by atoms with Crippen molar-refractivity contribution >= 4 is 33.7 Å². The molecule has 10 heteroatoms. The van der Waals surface area contributed by atoms with Crippen molar-refractivity contribution in [3.05, 3.63) is 45.9 Å². The second kappa shape index (κ2) is 9.51. The van der Waals surface area contributed by atoms with E-state index in [9.17, 15) is 18.0 Å². The van der Waals surface area contributed by atoms with Crippen LogP contribution in [0, 0.1) is 12.8 Å². The van der Waals surface area contributed by atoms with Crippen LogP contribution in [0.3, 0.4) is 0 Å². The zero-order chi connectivity index (χ0) is 22.6. The first-order valence-corrected chi connectivity index (χ1v) is 12.0. The molecule has 168 valence electrons. The average molecular weight is 448 g/mol. The molecule has 1 saturated carbocycles. The van der Waals surface area contributed by atoms with E-state index in [1.54, 1.807) is 13.0 Å². The maximum absolute atomic E-state index is 13.3. The van der Waals surface area contributed by atoms with Crippen LogP contribution in [0.1, 0.15) is 37.8 Å². The molecule has 1 aromatic heterocycles. The summed E-state index contributed by atoms with van der Waals surface area (Å²) in [5, 5.41) is 2.57. The summed E-state index contributed by atoms with van der Waals surface area (Å²) >= 11 is 0. The number of carbonyl (C=O) groups is 1. The van der Waals surface area contributed by atoms with E-state index in [1.165, 1.54) is 10.6 Å². The highest BCUT2D eigenvalue weighted by atomic mass is 32.2. The first-order chi connectivity index (χ1) is 14.7. The zero-order valence-electron chi connectivity index (χ0n) is 17.7. The summed E-state index contributed by atoms with van der Waals surface area (Å²) in [5.74, 6) is 0.229. The fourth-order valence-corrected chi connectivity index (χ4v) is 5.66. The summed E-state index contributed by atoms with van der Waals surface area (Å²) < 4.78 is 29.3. The summed E-state index contributed by atoms with van der Waals surface area (Å²) in [6.07, 6.45) is 5.52. The Morgan fingerprint density at radius 1 is 1.29 bits per heavy atom.